The normalized spacial score (nSPS) is 10.0. The molecule has 1 aromatic heterocycles. The number of anilines is 1. The smallest absolute Gasteiger partial charge is 0.338 e. The van der Waals surface area contributed by atoms with Gasteiger partial charge in [-0.2, -0.15) is 0 Å². The number of hydrogen-bond acceptors (Lipinski definition) is 3. The quantitative estimate of drug-likeness (QED) is 0.826. The molecule has 0 spiro atoms. The average Bonchev–Trinajstić information content (AvgIpc) is 2.76. The Morgan fingerprint density at radius 3 is 2.69 bits per heavy atom. The van der Waals surface area contributed by atoms with E-state index in [-0.39, 0.29) is 5.56 Å². The van der Waals surface area contributed by atoms with Gasteiger partial charge in [0, 0.05) is 5.69 Å². The van der Waals surface area contributed by atoms with Crippen LogP contribution in [0.25, 0.3) is 0 Å². The van der Waals surface area contributed by atoms with E-state index in [1.807, 2.05) is 30.3 Å². The predicted molar refractivity (Wildman–Crippen MR) is 59.4 cm³/mol. The van der Waals surface area contributed by atoms with Crippen molar-refractivity contribution in [1.29, 1.82) is 0 Å². The summed E-state index contributed by atoms with van der Waals surface area (Å²) < 4.78 is 5.10. The molecule has 82 valence electrons. The van der Waals surface area contributed by atoms with E-state index in [1.54, 1.807) is 0 Å². The van der Waals surface area contributed by atoms with Gasteiger partial charge in [0.15, 0.2) is 0 Å². The maximum Gasteiger partial charge on any atom is 0.338 e. The highest BCUT2D eigenvalue weighted by Gasteiger charge is 2.07. The third kappa shape index (κ3) is 2.42. The monoisotopic (exact) mass is 217 g/mol. The van der Waals surface area contributed by atoms with Gasteiger partial charge in [-0.3, -0.25) is 0 Å². The van der Waals surface area contributed by atoms with E-state index in [0.717, 1.165) is 5.69 Å². The first-order valence-corrected chi connectivity index (χ1v) is 4.85. The molecule has 0 fully saturated rings. The second-order valence-electron chi connectivity index (χ2n) is 3.33. The maximum atomic E-state index is 10.6. The van der Waals surface area contributed by atoms with Crippen LogP contribution in [0.2, 0.25) is 0 Å². The van der Waals surface area contributed by atoms with Crippen LogP contribution in [0.4, 0.5) is 5.69 Å². The molecule has 4 heteroatoms. The van der Waals surface area contributed by atoms with Crippen LogP contribution in [0.15, 0.2) is 47.1 Å². The highest BCUT2D eigenvalue weighted by Crippen LogP contribution is 2.11. The molecule has 4 nitrogen and oxygen atoms in total. The summed E-state index contributed by atoms with van der Waals surface area (Å²) in [5.74, 6) is -0.379. The van der Waals surface area contributed by atoms with Crippen molar-refractivity contribution in [1.82, 2.24) is 0 Å². The van der Waals surface area contributed by atoms with Crippen molar-refractivity contribution in [3.05, 3.63) is 54.0 Å². The van der Waals surface area contributed by atoms with E-state index >= 15 is 0 Å². The maximum absolute atomic E-state index is 10.6. The van der Waals surface area contributed by atoms with Gasteiger partial charge in [-0.1, -0.05) is 18.2 Å². The molecule has 0 saturated carbocycles. The highest BCUT2D eigenvalue weighted by atomic mass is 16.4. The Labute approximate surface area is 92.5 Å². The summed E-state index contributed by atoms with van der Waals surface area (Å²) in [6, 6.07) is 11.2. The lowest BCUT2D eigenvalue weighted by Crippen LogP contribution is -1.98. The van der Waals surface area contributed by atoms with E-state index in [2.05, 4.69) is 5.32 Å². The Balaban J connectivity index is 1.97. The summed E-state index contributed by atoms with van der Waals surface area (Å²) in [5, 5.41) is 11.8. The average molecular weight is 217 g/mol. The summed E-state index contributed by atoms with van der Waals surface area (Å²) in [6.07, 6.45) is 1.24. The molecule has 2 N–H and O–H groups in total. The molecule has 0 saturated heterocycles. The van der Waals surface area contributed by atoms with Crippen molar-refractivity contribution in [2.45, 2.75) is 6.54 Å². The number of carboxylic acid groups (broad SMARTS) is 1. The molecule has 16 heavy (non-hydrogen) atoms. The molecular formula is C12H11NO3. The first-order chi connectivity index (χ1) is 7.75. The Bertz CT molecular complexity index is 476. The van der Waals surface area contributed by atoms with Crippen LogP contribution in [-0.4, -0.2) is 11.1 Å². The second kappa shape index (κ2) is 4.53. The standard InChI is InChI=1S/C12H11NO3/c14-12(15)9-6-11(16-8-9)7-13-10-4-2-1-3-5-10/h1-6,8,13H,7H2,(H,14,15). The number of carboxylic acids is 1. The minimum Gasteiger partial charge on any atom is -0.478 e. The predicted octanol–water partition coefficient (Wildman–Crippen LogP) is 2.59. The third-order valence-corrected chi connectivity index (χ3v) is 2.14. The van der Waals surface area contributed by atoms with E-state index < -0.39 is 5.97 Å². The molecular weight excluding hydrogens is 206 g/mol. The molecule has 1 aromatic carbocycles. The SMILES string of the molecule is O=C(O)c1coc(CNc2ccccc2)c1. The van der Waals surface area contributed by atoms with Crippen molar-refractivity contribution in [3.8, 4) is 0 Å². The van der Waals surface area contributed by atoms with Crippen molar-refractivity contribution in [2.24, 2.45) is 0 Å². The number of carbonyl (C=O) groups is 1. The summed E-state index contributed by atoms with van der Waals surface area (Å²) in [5.41, 5.74) is 1.14. The fourth-order valence-electron chi connectivity index (χ4n) is 1.33. The zero-order valence-corrected chi connectivity index (χ0v) is 8.51. The number of benzene rings is 1. The van der Waals surface area contributed by atoms with Gasteiger partial charge in [-0.05, 0) is 18.2 Å². The van der Waals surface area contributed by atoms with Gasteiger partial charge in [-0.15, -0.1) is 0 Å². The van der Waals surface area contributed by atoms with E-state index in [0.29, 0.717) is 12.3 Å². The molecule has 0 radical (unpaired) electrons. The molecule has 0 aliphatic carbocycles. The first kappa shape index (κ1) is 10.3. The van der Waals surface area contributed by atoms with Crippen molar-refractivity contribution >= 4 is 11.7 Å². The Morgan fingerprint density at radius 1 is 1.31 bits per heavy atom. The van der Waals surface area contributed by atoms with E-state index in [9.17, 15) is 4.79 Å². The molecule has 2 aromatic rings. The molecule has 2 rings (SSSR count). The molecule has 1 heterocycles. The number of para-hydroxylation sites is 1. The first-order valence-electron chi connectivity index (χ1n) is 4.85. The summed E-state index contributed by atoms with van der Waals surface area (Å²) in [6.45, 7) is 0.470. The number of rotatable bonds is 4. The minimum absolute atomic E-state index is 0.171. The van der Waals surface area contributed by atoms with Crippen molar-refractivity contribution in [3.63, 3.8) is 0 Å². The molecule has 0 amide bonds. The molecule has 0 atom stereocenters. The lowest BCUT2D eigenvalue weighted by Gasteiger charge is -2.02. The van der Waals surface area contributed by atoms with Gasteiger partial charge >= 0.3 is 5.97 Å². The van der Waals surface area contributed by atoms with Crippen LogP contribution in [0.3, 0.4) is 0 Å². The van der Waals surface area contributed by atoms with Gasteiger partial charge in [0.2, 0.25) is 0 Å². The van der Waals surface area contributed by atoms with Gasteiger partial charge < -0.3 is 14.8 Å². The molecule has 0 unspecified atom stereocenters. The van der Waals surface area contributed by atoms with Gasteiger partial charge in [0.25, 0.3) is 0 Å². The van der Waals surface area contributed by atoms with Gasteiger partial charge in [-0.25, -0.2) is 4.79 Å². The fourth-order valence-corrected chi connectivity index (χ4v) is 1.33. The molecule has 0 bridgehead atoms. The number of furan rings is 1. The fraction of sp³-hybridized carbons (Fsp3) is 0.0833. The highest BCUT2D eigenvalue weighted by molar-refractivity contribution is 5.87. The van der Waals surface area contributed by atoms with Crippen LogP contribution < -0.4 is 5.32 Å². The summed E-state index contributed by atoms with van der Waals surface area (Å²) >= 11 is 0. The summed E-state index contributed by atoms with van der Waals surface area (Å²) in [7, 11) is 0. The third-order valence-electron chi connectivity index (χ3n) is 2.14. The zero-order valence-electron chi connectivity index (χ0n) is 8.51. The van der Waals surface area contributed by atoms with Crippen LogP contribution >= 0.6 is 0 Å². The Hall–Kier alpha value is -2.23. The zero-order chi connectivity index (χ0) is 11.4. The van der Waals surface area contributed by atoms with Gasteiger partial charge in [0.1, 0.15) is 12.0 Å². The molecule has 0 aliphatic heterocycles. The van der Waals surface area contributed by atoms with E-state index in [1.165, 1.54) is 12.3 Å². The lowest BCUT2D eigenvalue weighted by molar-refractivity contribution is 0.0696. The topological polar surface area (TPSA) is 62.5 Å². The van der Waals surface area contributed by atoms with E-state index in [4.69, 9.17) is 9.52 Å². The Kier molecular flexibility index (Phi) is 2.91. The minimum atomic E-state index is -0.977. The number of hydrogen-bond donors (Lipinski definition) is 2. The second-order valence-corrected chi connectivity index (χ2v) is 3.33. The molecule has 0 aliphatic rings. The largest absolute Gasteiger partial charge is 0.478 e. The van der Waals surface area contributed by atoms with Crippen molar-refractivity contribution < 1.29 is 14.3 Å². The Morgan fingerprint density at radius 2 is 2.06 bits per heavy atom. The number of nitrogens with one attached hydrogen (secondary N) is 1. The lowest BCUT2D eigenvalue weighted by atomic mass is 10.3. The van der Waals surface area contributed by atoms with Crippen LogP contribution in [0, 0.1) is 0 Å². The van der Waals surface area contributed by atoms with Crippen LogP contribution in [0.1, 0.15) is 16.1 Å². The van der Waals surface area contributed by atoms with Crippen LogP contribution in [0.5, 0.6) is 0 Å². The summed E-state index contributed by atoms with van der Waals surface area (Å²) in [4.78, 5) is 10.6. The van der Waals surface area contributed by atoms with Crippen LogP contribution in [-0.2, 0) is 6.54 Å². The number of aromatic carboxylic acids is 1. The van der Waals surface area contributed by atoms with Crippen molar-refractivity contribution in [2.75, 3.05) is 5.32 Å². The van der Waals surface area contributed by atoms with Gasteiger partial charge in [0.05, 0.1) is 12.1 Å².